The monoisotopic (exact) mass is 195 g/mol. The number of carbonyl (C=O) groups is 1. The van der Waals surface area contributed by atoms with Crippen molar-refractivity contribution in [3.63, 3.8) is 0 Å². The summed E-state index contributed by atoms with van der Waals surface area (Å²) in [6.45, 7) is 0.789. The lowest BCUT2D eigenvalue weighted by Gasteiger charge is -2.07. The minimum absolute atomic E-state index is 0.293. The van der Waals surface area contributed by atoms with Crippen molar-refractivity contribution in [1.29, 1.82) is 0 Å². The van der Waals surface area contributed by atoms with Crippen LogP contribution in [0.4, 0.5) is 4.79 Å². The molecular formula is C5H9NO5S. The van der Waals surface area contributed by atoms with E-state index in [-0.39, 0.29) is 6.04 Å². The van der Waals surface area contributed by atoms with E-state index in [1.807, 2.05) is 0 Å². The molecule has 1 atom stereocenters. The minimum atomic E-state index is -4.60. The third-order valence-corrected chi connectivity index (χ3v) is 2.07. The van der Waals surface area contributed by atoms with Gasteiger partial charge in [-0.15, -0.1) is 0 Å². The van der Waals surface area contributed by atoms with Crippen LogP contribution in [0, 0.1) is 0 Å². The van der Waals surface area contributed by atoms with Gasteiger partial charge in [0.15, 0.2) is 0 Å². The maximum absolute atomic E-state index is 10.6. The third-order valence-electron chi connectivity index (χ3n) is 1.49. The molecule has 12 heavy (non-hydrogen) atoms. The van der Waals surface area contributed by atoms with Gasteiger partial charge in [-0.05, 0) is 6.42 Å². The first kappa shape index (κ1) is 9.43. The highest BCUT2D eigenvalue weighted by molar-refractivity contribution is 8.01. The summed E-state index contributed by atoms with van der Waals surface area (Å²) >= 11 is 0. The molecule has 0 aromatic rings. The van der Waals surface area contributed by atoms with Gasteiger partial charge in [-0.1, -0.05) is 0 Å². The van der Waals surface area contributed by atoms with Gasteiger partial charge in [-0.25, -0.2) is 0 Å². The summed E-state index contributed by atoms with van der Waals surface area (Å²) in [5.41, 5.74) is 0. The largest absolute Gasteiger partial charge is 0.379 e. The molecule has 1 aliphatic heterocycles. The lowest BCUT2D eigenvalue weighted by molar-refractivity contribution is 0.190. The summed E-state index contributed by atoms with van der Waals surface area (Å²) in [5, 5.41) is 0.754. The van der Waals surface area contributed by atoms with E-state index in [0.717, 1.165) is 0 Å². The van der Waals surface area contributed by atoms with Crippen molar-refractivity contribution < 1.29 is 22.5 Å². The van der Waals surface area contributed by atoms with E-state index in [9.17, 15) is 13.2 Å². The first-order valence-electron chi connectivity index (χ1n) is 3.36. The zero-order valence-electron chi connectivity index (χ0n) is 6.19. The number of nitrogens with one attached hydrogen (secondary N) is 1. The first-order valence-corrected chi connectivity index (χ1v) is 4.80. The van der Waals surface area contributed by atoms with Gasteiger partial charge in [0.1, 0.15) is 0 Å². The second kappa shape index (κ2) is 3.38. The Bertz CT molecular complexity index is 266. The van der Waals surface area contributed by atoms with E-state index >= 15 is 0 Å². The number of amides is 1. The fraction of sp³-hybridized carbons (Fsp3) is 0.800. The van der Waals surface area contributed by atoms with Gasteiger partial charge in [0.2, 0.25) is 0 Å². The molecule has 0 bridgehead atoms. The fourth-order valence-corrected chi connectivity index (χ4v) is 1.21. The van der Waals surface area contributed by atoms with Crippen molar-refractivity contribution in [3.8, 4) is 0 Å². The molecule has 0 aliphatic carbocycles. The summed E-state index contributed by atoms with van der Waals surface area (Å²) in [4.78, 5) is 10.6. The van der Waals surface area contributed by atoms with E-state index in [1.54, 1.807) is 0 Å². The van der Waals surface area contributed by atoms with Gasteiger partial charge in [-0.3, -0.25) is 9.35 Å². The molecule has 0 radical (unpaired) electrons. The Balaban J connectivity index is 2.46. The van der Waals surface area contributed by atoms with Crippen LogP contribution >= 0.6 is 0 Å². The third kappa shape index (κ3) is 2.43. The van der Waals surface area contributed by atoms with Crippen molar-refractivity contribution >= 4 is 15.4 Å². The summed E-state index contributed by atoms with van der Waals surface area (Å²) in [5.74, 6) is 0. The molecule has 0 aromatic carbocycles. The molecule has 7 heteroatoms. The molecule has 0 aromatic heterocycles. The van der Waals surface area contributed by atoms with Gasteiger partial charge in [-0.2, -0.15) is 8.42 Å². The van der Waals surface area contributed by atoms with E-state index in [2.05, 4.69) is 5.32 Å². The van der Waals surface area contributed by atoms with Crippen molar-refractivity contribution in [3.05, 3.63) is 0 Å². The SMILES string of the molecule is O=C(NC1CCOC1)S(=O)(=O)O. The molecule has 1 fully saturated rings. The molecular weight excluding hydrogens is 186 g/mol. The van der Waals surface area contributed by atoms with Gasteiger partial charge >= 0.3 is 15.4 Å². The average Bonchev–Trinajstić information content (AvgIpc) is 2.37. The summed E-state index contributed by atoms with van der Waals surface area (Å²) < 4.78 is 33.6. The van der Waals surface area contributed by atoms with Crippen LogP contribution in [0.25, 0.3) is 0 Å². The highest BCUT2D eigenvalue weighted by Crippen LogP contribution is 2.03. The van der Waals surface area contributed by atoms with Crippen molar-refractivity contribution in [2.45, 2.75) is 12.5 Å². The van der Waals surface area contributed by atoms with Crippen LogP contribution in [-0.2, 0) is 14.9 Å². The van der Waals surface area contributed by atoms with Crippen LogP contribution in [-0.4, -0.2) is 37.5 Å². The van der Waals surface area contributed by atoms with Crippen LogP contribution in [0.5, 0.6) is 0 Å². The minimum Gasteiger partial charge on any atom is -0.379 e. The van der Waals surface area contributed by atoms with E-state index < -0.39 is 15.4 Å². The number of ether oxygens (including phenoxy) is 1. The van der Waals surface area contributed by atoms with Gasteiger partial charge in [0.05, 0.1) is 12.6 Å². The highest BCUT2D eigenvalue weighted by atomic mass is 32.2. The molecule has 1 rings (SSSR count). The number of hydrogen-bond acceptors (Lipinski definition) is 4. The Morgan fingerprint density at radius 1 is 1.58 bits per heavy atom. The van der Waals surface area contributed by atoms with Crippen LogP contribution in [0.3, 0.4) is 0 Å². The van der Waals surface area contributed by atoms with Crippen LogP contribution < -0.4 is 5.32 Å². The molecule has 1 heterocycles. The second-order valence-electron chi connectivity index (χ2n) is 2.47. The molecule has 1 amide bonds. The number of carbonyl (C=O) groups excluding carboxylic acids is 1. The molecule has 0 saturated carbocycles. The summed E-state index contributed by atoms with van der Waals surface area (Å²) in [6, 6.07) is -0.306. The van der Waals surface area contributed by atoms with Crippen molar-refractivity contribution in [1.82, 2.24) is 5.32 Å². The number of hydrogen-bond donors (Lipinski definition) is 2. The Hall–Kier alpha value is -0.660. The smallest absolute Gasteiger partial charge is 0.363 e. The lowest BCUT2D eigenvalue weighted by Crippen LogP contribution is -2.38. The topological polar surface area (TPSA) is 92.7 Å². The van der Waals surface area contributed by atoms with Crippen LogP contribution in [0.15, 0.2) is 0 Å². The standard InChI is InChI=1S/C5H9NO5S/c7-5(12(8,9)10)6-4-1-2-11-3-4/h4H,1-3H2,(H,6,7)(H,8,9,10). The predicted molar refractivity (Wildman–Crippen MR) is 39.3 cm³/mol. The van der Waals surface area contributed by atoms with Gasteiger partial charge in [0, 0.05) is 6.61 Å². The first-order chi connectivity index (χ1) is 5.50. The molecule has 2 N–H and O–H groups in total. The van der Waals surface area contributed by atoms with Crippen molar-refractivity contribution in [2.75, 3.05) is 13.2 Å². The maximum atomic E-state index is 10.6. The molecule has 1 unspecified atom stereocenters. The molecule has 1 aliphatic rings. The van der Waals surface area contributed by atoms with E-state index in [4.69, 9.17) is 9.29 Å². The normalized spacial score (nSPS) is 23.9. The number of rotatable bonds is 1. The second-order valence-corrected chi connectivity index (χ2v) is 3.79. The van der Waals surface area contributed by atoms with Crippen LogP contribution in [0.1, 0.15) is 6.42 Å². The van der Waals surface area contributed by atoms with Crippen LogP contribution in [0.2, 0.25) is 0 Å². The molecule has 70 valence electrons. The maximum Gasteiger partial charge on any atom is 0.363 e. The van der Waals surface area contributed by atoms with Crippen molar-refractivity contribution in [2.24, 2.45) is 0 Å². The fourth-order valence-electron chi connectivity index (χ4n) is 0.889. The van der Waals surface area contributed by atoms with E-state index in [0.29, 0.717) is 19.6 Å². The van der Waals surface area contributed by atoms with E-state index in [1.165, 1.54) is 0 Å². The highest BCUT2D eigenvalue weighted by Gasteiger charge is 2.24. The Morgan fingerprint density at radius 3 is 2.67 bits per heavy atom. The zero-order valence-corrected chi connectivity index (χ0v) is 7.00. The average molecular weight is 195 g/mol. The molecule has 0 spiro atoms. The molecule has 1 saturated heterocycles. The lowest BCUT2D eigenvalue weighted by atomic mass is 10.3. The van der Waals surface area contributed by atoms with Gasteiger partial charge in [0.25, 0.3) is 0 Å². The predicted octanol–water partition coefficient (Wildman–Crippen LogP) is -0.627. The van der Waals surface area contributed by atoms with Gasteiger partial charge < -0.3 is 10.1 Å². The summed E-state index contributed by atoms with van der Waals surface area (Å²) in [7, 11) is -4.60. The molecule has 6 nitrogen and oxygen atoms in total. The zero-order chi connectivity index (χ0) is 9.19. The Kier molecular flexibility index (Phi) is 2.65. The Morgan fingerprint density at radius 2 is 2.25 bits per heavy atom. The summed E-state index contributed by atoms with van der Waals surface area (Å²) in [6.07, 6.45) is 0.571. The Labute approximate surface area is 69.6 Å². The quantitative estimate of drug-likeness (QED) is 0.543.